The Morgan fingerprint density at radius 1 is 1.18 bits per heavy atom. The first-order chi connectivity index (χ1) is 18.0. The molecule has 2 aromatic rings. The van der Waals surface area contributed by atoms with Crippen molar-refractivity contribution in [2.75, 3.05) is 0 Å². The molecule has 9 nitrogen and oxygen atoms in total. The van der Waals surface area contributed by atoms with Gasteiger partial charge in [0.15, 0.2) is 6.04 Å². The Hall–Kier alpha value is -3.38. The lowest BCUT2D eigenvalue weighted by atomic mass is 10.0. The fraction of sp³-hybridized carbons (Fsp3) is 0.400. The molecule has 0 saturated carbocycles. The summed E-state index contributed by atoms with van der Waals surface area (Å²) in [5.74, 6) is -3.10. The Kier molecular flexibility index (Phi) is 8.81. The van der Waals surface area contributed by atoms with E-state index in [-0.39, 0.29) is 40.6 Å². The molecule has 0 aliphatic carbocycles. The van der Waals surface area contributed by atoms with Crippen LogP contribution >= 0.6 is 23.2 Å². The van der Waals surface area contributed by atoms with Gasteiger partial charge in [0.05, 0.1) is 15.7 Å². The number of hydrogen-bond donors (Lipinski definition) is 2. The predicted octanol–water partition coefficient (Wildman–Crippen LogP) is 4.35. The standard InChI is InChI=1S/C25H25Cl2F3N4O5/c1-24(2,3)39-18(35)7-6-17(21(31)36)34-11-13-8-12(4-5-15(13)23(34)38)22(37)33-20(25(28,29)30)19-16(27)9-14(26)10-32-19/h4-5,8-10,17,20H,6-7,11H2,1-3H3,(H2,31,36)(H,33,37)/t17?,20-/m1/s1. The number of hydrogen-bond acceptors (Lipinski definition) is 6. The molecule has 0 radical (unpaired) electrons. The molecule has 14 heteroatoms. The molecule has 2 heterocycles. The highest BCUT2D eigenvalue weighted by Crippen LogP contribution is 2.36. The fourth-order valence-electron chi connectivity index (χ4n) is 3.99. The smallest absolute Gasteiger partial charge is 0.414 e. The SMILES string of the molecule is CC(C)(C)OC(=O)CCC(C(N)=O)N1Cc2cc(C(=O)N[C@H](c3ncc(Cl)cc3Cl)C(F)(F)F)ccc2C1=O. The average molecular weight is 589 g/mol. The van der Waals surface area contributed by atoms with Crippen LogP contribution in [-0.2, 0) is 20.9 Å². The largest absolute Gasteiger partial charge is 0.460 e. The number of rotatable bonds is 8. The van der Waals surface area contributed by atoms with E-state index in [0.717, 1.165) is 17.2 Å². The van der Waals surface area contributed by atoms with Gasteiger partial charge in [-0.05, 0) is 57.0 Å². The van der Waals surface area contributed by atoms with Gasteiger partial charge in [-0.15, -0.1) is 0 Å². The van der Waals surface area contributed by atoms with Crippen LogP contribution in [0.3, 0.4) is 0 Å². The Balaban J connectivity index is 1.79. The molecular formula is C25H25Cl2F3N4O5. The Morgan fingerprint density at radius 2 is 1.85 bits per heavy atom. The van der Waals surface area contributed by atoms with Crippen molar-refractivity contribution in [2.45, 2.75) is 64.0 Å². The molecular weight excluding hydrogens is 564 g/mol. The third-order valence-corrected chi connectivity index (χ3v) is 6.17. The molecule has 1 aromatic carbocycles. The molecule has 1 aliphatic rings. The fourth-order valence-corrected chi connectivity index (χ4v) is 4.48. The summed E-state index contributed by atoms with van der Waals surface area (Å²) in [7, 11) is 0. The lowest BCUT2D eigenvalue weighted by Gasteiger charge is -2.25. The monoisotopic (exact) mass is 588 g/mol. The van der Waals surface area contributed by atoms with E-state index in [2.05, 4.69) is 4.98 Å². The van der Waals surface area contributed by atoms with Gasteiger partial charge in [0.2, 0.25) is 5.91 Å². The number of primary amides is 1. The summed E-state index contributed by atoms with van der Waals surface area (Å²) < 4.78 is 46.6. The van der Waals surface area contributed by atoms with Crippen LogP contribution in [0.4, 0.5) is 13.2 Å². The van der Waals surface area contributed by atoms with E-state index in [1.54, 1.807) is 20.8 Å². The van der Waals surface area contributed by atoms with Crippen molar-refractivity contribution in [3.8, 4) is 0 Å². The highest BCUT2D eigenvalue weighted by Gasteiger charge is 2.44. The van der Waals surface area contributed by atoms with Crippen LogP contribution < -0.4 is 11.1 Å². The van der Waals surface area contributed by atoms with Crippen molar-refractivity contribution in [1.29, 1.82) is 0 Å². The maximum absolute atomic E-state index is 13.8. The van der Waals surface area contributed by atoms with Crippen molar-refractivity contribution in [3.63, 3.8) is 0 Å². The number of halogens is 5. The molecule has 0 bridgehead atoms. The van der Waals surface area contributed by atoms with Crippen LogP contribution in [0, 0.1) is 0 Å². The molecule has 2 atom stereocenters. The van der Waals surface area contributed by atoms with Gasteiger partial charge in [-0.2, -0.15) is 13.2 Å². The highest BCUT2D eigenvalue weighted by molar-refractivity contribution is 6.34. The molecule has 3 amide bonds. The first-order valence-electron chi connectivity index (χ1n) is 11.6. The van der Waals surface area contributed by atoms with E-state index in [9.17, 15) is 32.3 Å². The van der Waals surface area contributed by atoms with Crippen LogP contribution in [0.25, 0.3) is 0 Å². The zero-order valence-electron chi connectivity index (χ0n) is 21.1. The third-order valence-electron chi connectivity index (χ3n) is 5.66. The maximum atomic E-state index is 13.8. The van der Waals surface area contributed by atoms with E-state index in [0.29, 0.717) is 5.56 Å². The molecule has 3 rings (SSSR count). The zero-order chi connectivity index (χ0) is 29.3. The second-order valence-corrected chi connectivity index (χ2v) is 10.7. The number of pyridine rings is 1. The van der Waals surface area contributed by atoms with Gasteiger partial charge in [-0.1, -0.05) is 23.2 Å². The quantitative estimate of drug-likeness (QED) is 0.440. The summed E-state index contributed by atoms with van der Waals surface area (Å²) >= 11 is 11.6. The molecule has 0 fully saturated rings. The number of nitrogens with zero attached hydrogens (tertiary/aromatic N) is 2. The Morgan fingerprint density at radius 3 is 2.41 bits per heavy atom. The minimum absolute atomic E-state index is 0.0178. The topological polar surface area (TPSA) is 132 Å². The number of carbonyl (C=O) groups excluding carboxylic acids is 4. The van der Waals surface area contributed by atoms with Crippen molar-refractivity contribution in [2.24, 2.45) is 5.73 Å². The number of esters is 1. The van der Waals surface area contributed by atoms with Crippen LogP contribution in [0.15, 0.2) is 30.5 Å². The summed E-state index contributed by atoms with van der Waals surface area (Å²) in [6, 6.07) is 1.09. The van der Waals surface area contributed by atoms with E-state index in [4.69, 9.17) is 33.7 Å². The molecule has 210 valence electrons. The van der Waals surface area contributed by atoms with Gasteiger partial charge in [0.1, 0.15) is 11.6 Å². The molecule has 1 unspecified atom stereocenters. The number of alkyl halides is 3. The highest BCUT2D eigenvalue weighted by atomic mass is 35.5. The lowest BCUT2D eigenvalue weighted by molar-refractivity contribution is -0.156. The summed E-state index contributed by atoms with van der Waals surface area (Å²) in [5, 5.41) is 1.51. The van der Waals surface area contributed by atoms with Crippen LogP contribution in [0.2, 0.25) is 10.0 Å². The molecule has 0 saturated heterocycles. The first kappa shape index (κ1) is 30.2. The number of fused-ring (bicyclic) bond motifs is 1. The van der Waals surface area contributed by atoms with E-state index < -0.39 is 53.2 Å². The van der Waals surface area contributed by atoms with Crippen molar-refractivity contribution in [1.82, 2.24) is 15.2 Å². The molecule has 3 N–H and O–H groups in total. The Labute approximate surface area is 231 Å². The maximum Gasteiger partial charge on any atom is 0.414 e. The normalized spacial score (nSPS) is 15.0. The number of benzene rings is 1. The van der Waals surface area contributed by atoms with E-state index in [1.165, 1.54) is 18.2 Å². The van der Waals surface area contributed by atoms with Gasteiger partial charge in [0.25, 0.3) is 11.8 Å². The second kappa shape index (κ2) is 11.4. The predicted molar refractivity (Wildman–Crippen MR) is 135 cm³/mol. The van der Waals surface area contributed by atoms with Crippen LogP contribution in [-0.4, -0.2) is 51.4 Å². The molecule has 1 aromatic heterocycles. The van der Waals surface area contributed by atoms with Gasteiger partial charge in [0, 0.05) is 30.3 Å². The minimum atomic E-state index is -4.94. The van der Waals surface area contributed by atoms with Gasteiger partial charge in [-0.3, -0.25) is 24.2 Å². The zero-order valence-corrected chi connectivity index (χ0v) is 22.6. The molecule has 1 aliphatic heterocycles. The summed E-state index contributed by atoms with van der Waals surface area (Å²) in [4.78, 5) is 54.8. The number of aromatic nitrogens is 1. The van der Waals surface area contributed by atoms with Gasteiger partial charge >= 0.3 is 12.1 Å². The number of nitrogens with one attached hydrogen (secondary N) is 1. The first-order valence-corrected chi connectivity index (χ1v) is 12.4. The molecule has 0 spiro atoms. The minimum Gasteiger partial charge on any atom is -0.460 e. The Bertz CT molecular complexity index is 1310. The van der Waals surface area contributed by atoms with E-state index in [1.807, 2.05) is 5.32 Å². The number of ether oxygens (including phenoxy) is 1. The summed E-state index contributed by atoms with van der Waals surface area (Å²) in [6.07, 6.45) is -4.24. The van der Waals surface area contributed by atoms with Gasteiger partial charge < -0.3 is 20.7 Å². The molecule has 39 heavy (non-hydrogen) atoms. The second-order valence-electron chi connectivity index (χ2n) is 9.82. The summed E-state index contributed by atoms with van der Waals surface area (Å²) in [5.41, 5.74) is 4.38. The number of nitrogens with two attached hydrogens (primary N) is 1. The summed E-state index contributed by atoms with van der Waals surface area (Å²) in [6.45, 7) is 4.90. The van der Waals surface area contributed by atoms with Crippen LogP contribution in [0.5, 0.6) is 0 Å². The average Bonchev–Trinajstić information content (AvgIpc) is 3.11. The lowest BCUT2D eigenvalue weighted by Crippen LogP contribution is -2.45. The number of carbonyl (C=O) groups is 4. The van der Waals surface area contributed by atoms with Gasteiger partial charge in [-0.25, -0.2) is 0 Å². The van der Waals surface area contributed by atoms with Crippen molar-refractivity contribution in [3.05, 3.63) is 62.9 Å². The third kappa shape index (κ3) is 7.39. The van der Waals surface area contributed by atoms with Crippen molar-refractivity contribution >= 4 is 46.9 Å². The van der Waals surface area contributed by atoms with Crippen LogP contribution in [0.1, 0.15) is 71.6 Å². The van der Waals surface area contributed by atoms with E-state index >= 15 is 0 Å². The number of amides is 3. The van der Waals surface area contributed by atoms with Crippen molar-refractivity contribution < 1.29 is 37.1 Å².